The van der Waals surface area contributed by atoms with Crippen molar-refractivity contribution in [3.05, 3.63) is 28.0 Å². The predicted molar refractivity (Wildman–Crippen MR) is 76.2 cm³/mol. The largest absolute Gasteiger partial charge is 0.465 e. The Labute approximate surface area is 128 Å². The summed E-state index contributed by atoms with van der Waals surface area (Å²) in [6, 6.07) is 2.46. The average molecular weight is 370 g/mol. The van der Waals surface area contributed by atoms with E-state index in [1.807, 2.05) is 0 Å². The third-order valence-electron chi connectivity index (χ3n) is 2.16. The Morgan fingerprint density at radius 1 is 1.53 bits per heavy atom. The van der Waals surface area contributed by atoms with Gasteiger partial charge in [0.05, 0.1) is 12.2 Å². The van der Waals surface area contributed by atoms with Crippen LogP contribution in [-0.2, 0) is 9.53 Å². The number of thioether (sulfide) groups is 1. The molecule has 1 aromatic carbocycles. The summed E-state index contributed by atoms with van der Waals surface area (Å²) in [7, 11) is 0. The maximum absolute atomic E-state index is 13.5. The summed E-state index contributed by atoms with van der Waals surface area (Å²) in [4.78, 5) is 23.1. The van der Waals surface area contributed by atoms with Gasteiger partial charge in [0.25, 0.3) is 5.24 Å². The predicted octanol–water partition coefficient (Wildman–Crippen LogP) is 4.01. The van der Waals surface area contributed by atoms with Crippen LogP contribution in [0.5, 0.6) is 0 Å². The summed E-state index contributed by atoms with van der Waals surface area (Å²) in [6.07, 6.45) is 0. The van der Waals surface area contributed by atoms with Crippen molar-refractivity contribution >= 4 is 50.5 Å². The number of hydrogen-bond donors (Lipinski definition) is 0. The number of esters is 1. The molecule has 0 aromatic heterocycles. The van der Waals surface area contributed by atoms with Crippen LogP contribution < -0.4 is 0 Å². The molecule has 19 heavy (non-hydrogen) atoms. The molecular formula is C12H11BrClFO3S. The number of carbonyl (C=O) groups is 2. The highest BCUT2D eigenvalue weighted by Crippen LogP contribution is 2.33. The van der Waals surface area contributed by atoms with E-state index in [0.717, 1.165) is 17.8 Å². The van der Waals surface area contributed by atoms with Crippen molar-refractivity contribution in [2.24, 2.45) is 0 Å². The summed E-state index contributed by atoms with van der Waals surface area (Å²) in [5.41, 5.74) is -0.219. The monoisotopic (exact) mass is 368 g/mol. The van der Waals surface area contributed by atoms with Gasteiger partial charge in [0.15, 0.2) is 0 Å². The van der Waals surface area contributed by atoms with Crippen LogP contribution in [0.3, 0.4) is 0 Å². The van der Waals surface area contributed by atoms with Crippen molar-refractivity contribution < 1.29 is 18.7 Å². The third kappa shape index (κ3) is 4.47. The molecule has 0 bridgehead atoms. The van der Waals surface area contributed by atoms with Gasteiger partial charge in [-0.3, -0.25) is 9.59 Å². The molecule has 0 aliphatic carbocycles. The number of hydrogen-bond acceptors (Lipinski definition) is 4. The number of carbonyl (C=O) groups excluding carboxylic acids is 2. The van der Waals surface area contributed by atoms with Crippen molar-refractivity contribution in [3.8, 4) is 0 Å². The van der Waals surface area contributed by atoms with Crippen LogP contribution in [-0.4, -0.2) is 23.1 Å². The van der Waals surface area contributed by atoms with Gasteiger partial charge in [-0.2, -0.15) is 0 Å². The van der Waals surface area contributed by atoms with Gasteiger partial charge in [0.2, 0.25) is 0 Å². The lowest BCUT2D eigenvalue weighted by Crippen LogP contribution is -2.16. The zero-order chi connectivity index (χ0) is 14.6. The molecule has 0 aliphatic heterocycles. The highest BCUT2D eigenvalue weighted by Gasteiger charge is 2.19. The molecule has 104 valence electrons. The minimum Gasteiger partial charge on any atom is -0.465 e. The first-order valence-electron chi connectivity index (χ1n) is 5.39. The van der Waals surface area contributed by atoms with Crippen LogP contribution in [0.2, 0.25) is 0 Å². The van der Waals surface area contributed by atoms with Crippen molar-refractivity contribution in [1.82, 2.24) is 0 Å². The molecule has 0 amide bonds. The highest BCUT2D eigenvalue weighted by atomic mass is 79.9. The van der Waals surface area contributed by atoms with E-state index in [-0.39, 0.29) is 11.5 Å². The van der Waals surface area contributed by atoms with Crippen LogP contribution in [0.1, 0.15) is 24.2 Å². The lowest BCUT2D eigenvalue weighted by Gasteiger charge is -2.12. The summed E-state index contributed by atoms with van der Waals surface area (Å²) in [6.45, 7) is 3.67. The van der Waals surface area contributed by atoms with Gasteiger partial charge in [-0.1, -0.05) is 0 Å². The average Bonchev–Trinajstić information content (AvgIpc) is 2.32. The molecule has 0 aliphatic rings. The minimum absolute atomic E-state index is 0.219. The van der Waals surface area contributed by atoms with Gasteiger partial charge in [0, 0.05) is 9.37 Å². The molecule has 0 saturated heterocycles. The van der Waals surface area contributed by atoms with E-state index >= 15 is 0 Å². The summed E-state index contributed by atoms with van der Waals surface area (Å²) in [5, 5.41) is -1.35. The van der Waals surface area contributed by atoms with E-state index in [4.69, 9.17) is 16.3 Å². The second kappa shape index (κ2) is 7.26. The summed E-state index contributed by atoms with van der Waals surface area (Å²) in [5.74, 6) is -1.08. The van der Waals surface area contributed by atoms with Crippen LogP contribution in [0, 0.1) is 5.82 Å². The van der Waals surface area contributed by atoms with Crippen LogP contribution in [0.15, 0.2) is 21.5 Å². The number of halogens is 3. The zero-order valence-electron chi connectivity index (χ0n) is 10.2. The Balaban J connectivity index is 2.98. The normalized spacial score (nSPS) is 12.1. The van der Waals surface area contributed by atoms with Gasteiger partial charge < -0.3 is 4.74 Å². The highest BCUT2D eigenvalue weighted by molar-refractivity contribution is 9.10. The van der Waals surface area contributed by atoms with Crippen LogP contribution in [0.25, 0.3) is 0 Å². The molecule has 0 fully saturated rings. The first kappa shape index (κ1) is 16.5. The van der Waals surface area contributed by atoms with E-state index < -0.39 is 16.3 Å². The topological polar surface area (TPSA) is 43.4 Å². The van der Waals surface area contributed by atoms with E-state index in [2.05, 4.69) is 15.9 Å². The maximum atomic E-state index is 13.5. The molecule has 0 spiro atoms. The number of benzene rings is 1. The Morgan fingerprint density at radius 3 is 2.68 bits per heavy atom. The van der Waals surface area contributed by atoms with E-state index in [1.54, 1.807) is 13.8 Å². The van der Waals surface area contributed by atoms with Crippen LogP contribution >= 0.6 is 39.3 Å². The Hall–Kier alpha value is -0.590. The Kier molecular flexibility index (Phi) is 6.29. The standard InChI is InChI=1S/C12H11BrClFO3S/c1-3-18-12(17)6(2)19-10-4-7(11(14)16)9(15)5-8(10)13/h4-6H,3H2,1-2H3. The Bertz CT molecular complexity index is 510. The fourth-order valence-electron chi connectivity index (χ4n) is 1.27. The third-order valence-corrected chi connectivity index (χ3v) is 4.42. The minimum atomic E-state index is -0.879. The molecule has 0 N–H and O–H groups in total. The lowest BCUT2D eigenvalue weighted by atomic mass is 10.2. The fraction of sp³-hybridized carbons (Fsp3) is 0.333. The molecular weight excluding hydrogens is 359 g/mol. The molecule has 3 nitrogen and oxygen atoms in total. The Morgan fingerprint density at radius 2 is 2.16 bits per heavy atom. The summed E-state index contributed by atoms with van der Waals surface area (Å²) < 4.78 is 18.8. The molecule has 0 radical (unpaired) electrons. The van der Waals surface area contributed by atoms with Crippen molar-refractivity contribution in [2.75, 3.05) is 6.61 Å². The maximum Gasteiger partial charge on any atom is 0.319 e. The number of rotatable bonds is 5. The molecule has 0 saturated carbocycles. The van der Waals surface area contributed by atoms with Crippen molar-refractivity contribution in [3.63, 3.8) is 0 Å². The smallest absolute Gasteiger partial charge is 0.319 e. The second-order valence-corrected chi connectivity index (χ2v) is 6.13. The van der Waals surface area contributed by atoms with Crippen LogP contribution in [0.4, 0.5) is 4.39 Å². The van der Waals surface area contributed by atoms with E-state index in [0.29, 0.717) is 16.0 Å². The summed E-state index contributed by atoms with van der Waals surface area (Å²) >= 11 is 9.63. The molecule has 1 rings (SSSR count). The first-order valence-corrected chi connectivity index (χ1v) is 7.44. The van der Waals surface area contributed by atoms with Gasteiger partial charge >= 0.3 is 5.97 Å². The quantitative estimate of drug-likeness (QED) is 0.447. The van der Waals surface area contributed by atoms with Crippen molar-refractivity contribution in [2.45, 2.75) is 24.0 Å². The molecule has 1 unspecified atom stereocenters. The van der Waals surface area contributed by atoms with Gasteiger partial charge in [-0.15, -0.1) is 11.8 Å². The van der Waals surface area contributed by atoms with E-state index in [1.165, 1.54) is 6.07 Å². The van der Waals surface area contributed by atoms with Gasteiger partial charge in [0.1, 0.15) is 11.1 Å². The molecule has 0 heterocycles. The zero-order valence-corrected chi connectivity index (χ0v) is 13.4. The fourth-order valence-corrected chi connectivity index (χ4v) is 2.91. The van der Waals surface area contributed by atoms with Gasteiger partial charge in [-0.25, -0.2) is 4.39 Å². The molecule has 1 aromatic rings. The first-order chi connectivity index (χ1) is 8.86. The van der Waals surface area contributed by atoms with Crippen molar-refractivity contribution in [1.29, 1.82) is 0 Å². The second-order valence-electron chi connectivity index (χ2n) is 3.55. The lowest BCUT2D eigenvalue weighted by molar-refractivity contribution is -0.142. The molecule has 1 atom stereocenters. The SMILES string of the molecule is CCOC(=O)C(C)Sc1cc(C(=O)Cl)c(F)cc1Br. The molecule has 7 heteroatoms. The van der Waals surface area contributed by atoms with Gasteiger partial charge in [-0.05, 0) is 53.5 Å². The van der Waals surface area contributed by atoms with E-state index in [9.17, 15) is 14.0 Å². The number of ether oxygens (including phenoxy) is 1.